The van der Waals surface area contributed by atoms with Crippen molar-refractivity contribution in [1.29, 1.82) is 0 Å². The molecule has 0 unspecified atom stereocenters. The Balaban J connectivity index is 2.01. The SMILES string of the molecule is C[n+]1cnc2nc(Sc3cc(Cl)nc(Cl)c3)[nH]c2c1N. The molecule has 0 aromatic carbocycles. The number of fused-ring (bicyclic) bond motifs is 1. The number of nitrogens with zero attached hydrogens (tertiary/aromatic N) is 4. The lowest BCUT2D eigenvalue weighted by atomic mass is 10.5. The van der Waals surface area contributed by atoms with E-state index in [1.807, 2.05) is 7.05 Å². The molecule has 0 bridgehead atoms. The van der Waals surface area contributed by atoms with Crippen LogP contribution in [0.5, 0.6) is 0 Å². The summed E-state index contributed by atoms with van der Waals surface area (Å²) in [7, 11) is 1.82. The van der Waals surface area contributed by atoms with Crippen molar-refractivity contribution < 1.29 is 4.57 Å². The summed E-state index contributed by atoms with van der Waals surface area (Å²) in [6.45, 7) is 0. The van der Waals surface area contributed by atoms with E-state index in [1.54, 1.807) is 23.0 Å². The van der Waals surface area contributed by atoms with Crippen LogP contribution in [0.4, 0.5) is 5.82 Å². The predicted octanol–water partition coefficient (Wildman–Crippen LogP) is 2.22. The van der Waals surface area contributed by atoms with Crippen molar-refractivity contribution in [3.8, 4) is 0 Å². The summed E-state index contributed by atoms with van der Waals surface area (Å²) in [4.78, 5) is 16.4. The Bertz CT molecular complexity index is 783. The topological polar surface area (TPSA) is 84.4 Å². The van der Waals surface area contributed by atoms with Crippen LogP contribution < -0.4 is 10.3 Å². The first kappa shape index (κ1) is 13.4. The van der Waals surface area contributed by atoms with Crippen LogP contribution in [0.2, 0.25) is 10.3 Å². The maximum absolute atomic E-state index is 5.96. The molecule has 20 heavy (non-hydrogen) atoms. The number of aromatic amines is 1. The third kappa shape index (κ3) is 2.52. The molecule has 6 nitrogen and oxygen atoms in total. The molecule has 0 aliphatic rings. The molecule has 0 amide bonds. The van der Waals surface area contributed by atoms with Crippen LogP contribution in [0.15, 0.2) is 28.5 Å². The Labute approximate surface area is 128 Å². The van der Waals surface area contributed by atoms with E-state index in [9.17, 15) is 0 Å². The largest absolute Gasteiger partial charge is 0.324 e. The van der Waals surface area contributed by atoms with Crippen LogP contribution in [-0.2, 0) is 7.05 Å². The van der Waals surface area contributed by atoms with Crippen molar-refractivity contribution in [1.82, 2.24) is 19.9 Å². The number of aromatic nitrogens is 5. The van der Waals surface area contributed by atoms with Gasteiger partial charge in [0.2, 0.25) is 12.1 Å². The number of nitrogens with two attached hydrogens (primary N) is 1. The molecule has 0 saturated heterocycles. The number of H-pyrrole nitrogens is 1. The minimum atomic E-state index is 0.333. The average molecular weight is 328 g/mol. The Morgan fingerprint density at radius 1 is 1.25 bits per heavy atom. The Morgan fingerprint density at radius 2 is 1.95 bits per heavy atom. The maximum Gasteiger partial charge on any atom is 0.261 e. The highest BCUT2D eigenvalue weighted by molar-refractivity contribution is 7.99. The molecule has 0 fully saturated rings. The van der Waals surface area contributed by atoms with E-state index in [0.717, 1.165) is 4.90 Å². The number of aryl methyl sites for hydroxylation is 1. The fourth-order valence-electron chi connectivity index (χ4n) is 1.66. The van der Waals surface area contributed by atoms with Gasteiger partial charge >= 0.3 is 0 Å². The summed E-state index contributed by atoms with van der Waals surface area (Å²) >= 11 is 13.1. The van der Waals surface area contributed by atoms with Gasteiger partial charge in [0.25, 0.3) is 5.65 Å². The lowest BCUT2D eigenvalue weighted by molar-refractivity contribution is -0.658. The molecule has 3 rings (SSSR count). The van der Waals surface area contributed by atoms with Crippen molar-refractivity contribution in [2.45, 2.75) is 10.1 Å². The second kappa shape index (κ2) is 5.08. The van der Waals surface area contributed by atoms with Gasteiger partial charge in [0.15, 0.2) is 10.7 Å². The number of hydrogen-bond donors (Lipinski definition) is 2. The number of anilines is 1. The monoisotopic (exact) mass is 327 g/mol. The van der Waals surface area contributed by atoms with Crippen LogP contribution >= 0.6 is 35.0 Å². The minimum absolute atomic E-state index is 0.333. The molecule has 3 heterocycles. The number of halogens is 2. The highest BCUT2D eigenvalue weighted by atomic mass is 35.5. The lowest BCUT2D eigenvalue weighted by Gasteiger charge is -1.99. The molecule has 0 atom stereocenters. The van der Waals surface area contributed by atoms with Gasteiger partial charge in [0, 0.05) is 4.90 Å². The van der Waals surface area contributed by atoms with Crippen LogP contribution in [0, 0.1) is 0 Å². The van der Waals surface area contributed by atoms with E-state index in [4.69, 9.17) is 28.9 Å². The average Bonchev–Trinajstić information content (AvgIpc) is 2.76. The summed E-state index contributed by atoms with van der Waals surface area (Å²) in [6.07, 6.45) is 1.62. The summed E-state index contributed by atoms with van der Waals surface area (Å²) < 4.78 is 1.72. The Kier molecular flexibility index (Phi) is 3.41. The van der Waals surface area contributed by atoms with E-state index in [1.165, 1.54) is 11.8 Å². The summed E-state index contributed by atoms with van der Waals surface area (Å²) in [5.74, 6) is 0.570. The second-order valence-electron chi connectivity index (χ2n) is 4.03. The van der Waals surface area contributed by atoms with E-state index in [0.29, 0.717) is 32.4 Å². The molecule has 0 aliphatic carbocycles. The van der Waals surface area contributed by atoms with Gasteiger partial charge in [0.1, 0.15) is 10.3 Å². The molecule has 0 radical (unpaired) electrons. The molecule has 102 valence electrons. The maximum atomic E-state index is 5.96. The summed E-state index contributed by atoms with van der Waals surface area (Å²) in [5.41, 5.74) is 7.23. The summed E-state index contributed by atoms with van der Waals surface area (Å²) in [6, 6.07) is 3.42. The van der Waals surface area contributed by atoms with Crippen molar-refractivity contribution in [3.63, 3.8) is 0 Å². The zero-order valence-corrected chi connectivity index (χ0v) is 12.6. The number of nitrogen functional groups attached to an aromatic ring is 1. The normalized spacial score (nSPS) is 11.2. The minimum Gasteiger partial charge on any atom is -0.324 e. The number of imidazole rings is 1. The Hall–Kier alpha value is -1.57. The summed E-state index contributed by atoms with van der Waals surface area (Å²) in [5, 5.41) is 1.32. The molecule has 3 N–H and O–H groups in total. The van der Waals surface area contributed by atoms with E-state index in [2.05, 4.69) is 19.9 Å². The first-order valence-corrected chi connectivity index (χ1v) is 7.11. The van der Waals surface area contributed by atoms with Crippen LogP contribution in [0.3, 0.4) is 0 Å². The molecule has 0 spiro atoms. The molecule has 3 aromatic heterocycles. The first-order chi connectivity index (χ1) is 9.52. The van der Waals surface area contributed by atoms with Crippen molar-refractivity contribution in [2.75, 3.05) is 5.73 Å². The standard InChI is InChI=1S/C11H8Cl2N6S/c1-19-4-15-10-8(9(19)14)17-11(18-10)20-5-2-6(12)16-7(13)3-5/h2-4H,1H3,(H2,14,17,18)/p+1. The van der Waals surface area contributed by atoms with Gasteiger partial charge in [-0.3, -0.25) is 0 Å². The van der Waals surface area contributed by atoms with Gasteiger partial charge < -0.3 is 10.7 Å². The molecular formula is C11H9Cl2N6S+. The van der Waals surface area contributed by atoms with E-state index in [-0.39, 0.29) is 0 Å². The quantitative estimate of drug-likeness (QED) is 0.557. The fourth-order valence-corrected chi connectivity index (χ4v) is 3.10. The Morgan fingerprint density at radius 3 is 2.65 bits per heavy atom. The van der Waals surface area contributed by atoms with E-state index < -0.39 is 0 Å². The number of rotatable bonds is 2. The smallest absolute Gasteiger partial charge is 0.261 e. The zero-order valence-electron chi connectivity index (χ0n) is 10.3. The van der Waals surface area contributed by atoms with Crippen molar-refractivity contribution >= 4 is 51.9 Å². The third-order valence-corrected chi connectivity index (χ3v) is 3.85. The van der Waals surface area contributed by atoms with Crippen LogP contribution in [0.1, 0.15) is 0 Å². The first-order valence-electron chi connectivity index (χ1n) is 5.53. The third-order valence-electron chi connectivity index (χ3n) is 2.60. The highest BCUT2D eigenvalue weighted by Crippen LogP contribution is 2.30. The molecule has 9 heteroatoms. The van der Waals surface area contributed by atoms with E-state index >= 15 is 0 Å². The second-order valence-corrected chi connectivity index (χ2v) is 5.87. The van der Waals surface area contributed by atoms with Crippen molar-refractivity contribution in [2.24, 2.45) is 7.05 Å². The van der Waals surface area contributed by atoms with Gasteiger partial charge in [-0.25, -0.2) is 9.55 Å². The number of pyridine rings is 1. The van der Waals surface area contributed by atoms with Crippen LogP contribution in [-0.4, -0.2) is 19.9 Å². The molecule has 0 saturated carbocycles. The van der Waals surface area contributed by atoms with Crippen LogP contribution in [0.25, 0.3) is 11.2 Å². The van der Waals surface area contributed by atoms with Crippen molar-refractivity contribution in [3.05, 3.63) is 28.8 Å². The molecule has 0 aliphatic heterocycles. The number of nitrogens with one attached hydrogen (secondary N) is 1. The lowest BCUT2D eigenvalue weighted by Crippen LogP contribution is -2.32. The predicted molar refractivity (Wildman–Crippen MR) is 77.9 cm³/mol. The number of hydrogen-bond acceptors (Lipinski definition) is 5. The fraction of sp³-hybridized carbons (Fsp3) is 0.0909. The molecular weight excluding hydrogens is 319 g/mol. The van der Waals surface area contributed by atoms with Gasteiger partial charge in [-0.15, -0.1) is 0 Å². The van der Waals surface area contributed by atoms with Gasteiger partial charge in [-0.05, 0) is 12.1 Å². The zero-order chi connectivity index (χ0) is 14.3. The van der Waals surface area contributed by atoms with Gasteiger partial charge in [-0.1, -0.05) is 39.9 Å². The van der Waals surface area contributed by atoms with Gasteiger partial charge in [0.05, 0.1) is 7.05 Å². The molecule has 3 aromatic rings. The van der Waals surface area contributed by atoms with Gasteiger partial charge in [-0.2, -0.15) is 4.98 Å². The highest BCUT2D eigenvalue weighted by Gasteiger charge is 2.15.